The molecule has 2 heteroatoms. The lowest BCUT2D eigenvalue weighted by atomic mass is 9.91. The molecule has 17 heavy (non-hydrogen) atoms. The fourth-order valence-corrected chi connectivity index (χ4v) is 1.99. The Balaban J connectivity index is 2.66. The molecular formula is C15H24O2. The van der Waals surface area contributed by atoms with E-state index in [2.05, 4.69) is 20.8 Å². The van der Waals surface area contributed by atoms with E-state index in [4.69, 9.17) is 4.74 Å². The molecule has 0 bridgehead atoms. The standard InChI is InChI=1S/C15H24O2/c1-4-11-17-14-9-7-13(8-10-14)15(16)12(5-2)6-3/h7-10,12,15-16H,4-6,11H2,1-3H3. The molecule has 0 spiro atoms. The molecule has 1 N–H and O–H groups in total. The predicted octanol–water partition coefficient (Wildman–Crippen LogP) is 3.95. The molecule has 2 nitrogen and oxygen atoms in total. The number of rotatable bonds is 7. The first-order valence-corrected chi connectivity index (χ1v) is 6.63. The molecule has 96 valence electrons. The summed E-state index contributed by atoms with van der Waals surface area (Å²) in [5.74, 6) is 1.23. The summed E-state index contributed by atoms with van der Waals surface area (Å²) in [7, 11) is 0. The molecule has 0 fully saturated rings. The van der Waals surface area contributed by atoms with Gasteiger partial charge in [0.1, 0.15) is 5.75 Å². The lowest BCUT2D eigenvalue weighted by molar-refractivity contribution is 0.103. The van der Waals surface area contributed by atoms with Crippen LogP contribution in [0.2, 0.25) is 0 Å². The van der Waals surface area contributed by atoms with E-state index in [0.29, 0.717) is 5.92 Å². The van der Waals surface area contributed by atoms with Crippen molar-refractivity contribution in [2.75, 3.05) is 6.61 Å². The van der Waals surface area contributed by atoms with E-state index < -0.39 is 0 Å². The van der Waals surface area contributed by atoms with Gasteiger partial charge < -0.3 is 9.84 Å². The summed E-state index contributed by atoms with van der Waals surface area (Å²) in [6.07, 6.45) is 2.67. The maximum Gasteiger partial charge on any atom is 0.119 e. The monoisotopic (exact) mass is 236 g/mol. The summed E-state index contributed by atoms with van der Waals surface area (Å²) >= 11 is 0. The maximum atomic E-state index is 10.2. The second-order valence-electron chi connectivity index (χ2n) is 4.44. The molecule has 0 aliphatic carbocycles. The summed E-state index contributed by atoms with van der Waals surface area (Å²) in [6, 6.07) is 7.81. The molecule has 0 amide bonds. The summed E-state index contributed by atoms with van der Waals surface area (Å²) in [5, 5.41) is 10.2. The van der Waals surface area contributed by atoms with E-state index in [1.165, 1.54) is 0 Å². The Hall–Kier alpha value is -1.02. The molecule has 1 aromatic carbocycles. The zero-order valence-electron chi connectivity index (χ0n) is 11.1. The van der Waals surface area contributed by atoms with Gasteiger partial charge >= 0.3 is 0 Å². The highest BCUT2D eigenvalue weighted by molar-refractivity contribution is 5.28. The van der Waals surface area contributed by atoms with Crippen molar-refractivity contribution in [1.82, 2.24) is 0 Å². The Morgan fingerprint density at radius 1 is 1.06 bits per heavy atom. The first-order valence-electron chi connectivity index (χ1n) is 6.63. The molecule has 0 aliphatic rings. The van der Waals surface area contributed by atoms with E-state index in [0.717, 1.165) is 37.2 Å². The third-order valence-electron chi connectivity index (χ3n) is 3.19. The van der Waals surface area contributed by atoms with Crippen LogP contribution in [-0.2, 0) is 0 Å². The lowest BCUT2D eigenvalue weighted by Gasteiger charge is -2.20. The van der Waals surface area contributed by atoms with Crippen molar-refractivity contribution in [2.45, 2.75) is 46.1 Å². The first-order chi connectivity index (χ1) is 8.22. The molecule has 0 aromatic heterocycles. The largest absolute Gasteiger partial charge is 0.494 e. The summed E-state index contributed by atoms with van der Waals surface area (Å²) in [4.78, 5) is 0. The Kier molecular flexibility index (Phi) is 6.06. The molecule has 0 heterocycles. The third kappa shape index (κ3) is 4.04. The summed E-state index contributed by atoms with van der Waals surface area (Å²) in [5.41, 5.74) is 0.988. The van der Waals surface area contributed by atoms with E-state index in [1.807, 2.05) is 24.3 Å². The zero-order chi connectivity index (χ0) is 12.7. The highest BCUT2D eigenvalue weighted by atomic mass is 16.5. The predicted molar refractivity (Wildman–Crippen MR) is 71.3 cm³/mol. The van der Waals surface area contributed by atoms with Crippen molar-refractivity contribution < 1.29 is 9.84 Å². The second kappa shape index (κ2) is 7.33. The number of aliphatic hydroxyl groups excluding tert-OH is 1. The van der Waals surface area contributed by atoms with Gasteiger partial charge in [-0.2, -0.15) is 0 Å². The second-order valence-corrected chi connectivity index (χ2v) is 4.44. The van der Waals surface area contributed by atoms with Gasteiger partial charge in [-0.05, 0) is 30.0 Å². The highest BCUT2D eigenvalue weighted by Gasteiger charge is 2.17. The van der Waals surface area contributed by atoms with E-state index in [-0.39, 0.29) is 6.10 Å². The van der Waals surface area contributed by atoms with Crippen LogP contribution in [0.15, 0.2) is 24.3 Å². The van der Waals surface area contributed by atoms with Crippen LogP contribution >= 0.6 is 0 Å². The average molecular weight is 236 g/mol. The van der Waals surface area contributed by atoms with E-state index in [9.17, 15) is 5.11 Å². The van der Waals surface area contributed by atoms with E-state index >= 15 is 0 Å². The minimum absolute atomic E-state index is 0.345. The molecule has 0 radical (unpaired) electrons. The molecule has 0 aliphatic heterocycles. The van der Waals surface area contributed by atoms with Gasteiger partial charge in [-0.1, -0.05) is 45.7 Å². The minimum Gasteiger partial charge on any atom is -0.494 e. The quantitative estimate of drug-likeness (QED) is 0.777. The zero-order valence-corrected chi connectivity index (χ0v) is 11.1. The smallest absolute Gasteiger partial charge is 0.119 e. The van der Waals surface area contributed by atoms with Crippen LogP contribution in [0.3, 0.4) is 0 Å². The van der Waals surface area contributed by atoms with Crippen molar-refractivity contribution in [2.24, 2.45) is 5.92 Å². The lowest BCUT2D eigenvalue weighted by Crippen LogP contribution is -2.10. The van der Waals surface area contributed by atoms with Crippen LogP contribution in [0.5, 0.6) is 5.75 Å². The van der Waals surface area contributed by atoms with Crippen molar-refractivity contribution in [3.63, 3.8) is 0 Å². The van der Waals surface area contributed by atoms with Crippen LogP contribution in [-0.4, -0.2) is 11.7 Å². The van der Waals surface area contributed by atoms with Gasteiger partial charge in [-0.25, -0.2) is 0 Å². The van der Waals surface area contributed by atoms with Crippen LogP contribution in [0, 0.1) is 5.92 Å². The van der Waals surface area contributed by atoms with Crippen molar-refractivity contribution in [3.8, 4) is 5.75 Å². The number of ether oxygens (including phenoxy) is 1. The normalized spacial score (nSPS) is 12.8. The highest BCUT2D eigenvalue weighted by Crippen LogP contribution is 2.28. The first kappa shape index (κ1) is 14.0. The van der Waals surface area contributed by atoms with Gasteiger partial charge in [0, 0.05) is 0 Å². The van der Waals surface area contributed by atoms with Crippen molar-refractivity contribution in [1.29, 1.82) is 0 Å². The fourth-order valence-electron chi connectivity index (χ4n) is 1.99. The Labute approximate surface area is 105 Å². The summed E-state index contributed by atoms with van der Waals surface area (Å²) < 4.78 is 5.52. The van der Waals surface area contributed by atoms with Gasteiger partial charge in [0.2, 0.25) is 0 Å². The van der Waals surface area contributed by atoms with Gasteiger partial charge in [0.05, 0.1) is 12.7 Å². The van der Waals surface area contributed by atoms with Crippen molar-refractivity contribution >= 4 is 0 Å². The number of hydrogen-bond donors (Lipinski definition) is 1. The molecular weight excluding hydrogens is 212 g/mol. The third-order valence-corrected chi connectivity index (χ3v) is 3.19. The maximum absolute atomic E-state index is 10.2. The molecule has 1 aromatic rings. The number of benzene rings is 1. The number of aliphatic hydroxyl groups is 1. The van der Waals surface area contributed by atoms with Gasteiger partial charge in [-0.15, -0.1) is 0 Å². The van der Waals surface area contributed by atoms with Gasteiger partial charge in [-0.3, -0.25) is 0 Å². The average Bonchev–Trinajstić information content (AvgIpc) is 2.38. The Morgan fingerprint density at radius 3 is 2.12 bits per heavy atom. The van der Waals surface area contributed by atoms with Gasteiger partial charge in [0.25, 0.3) is 0 Å². The summed E-state index contributed by atoms with van der Waals surface area (Å²) in [6.45, 7) is 7.08. The topological polar surface area (TPSA) is 29.5 Å². The minimum atomic E-state index is -0.356. The fraction of sp³-hybridized carbons (Fsp3) is 0.600. The van der Waals surface area contributed by atoms with Crippen LogP contribution < -0.4 is 4.74 Å². The molecule has 0 saturated carbocycles. The molecule has 1 atom stereocenters. The molecule has 1 unspecified atom stereocenters. The van der Waals surface area contributed by atoms with Crippen molar-refractivity contribution in [3.05, 3.63) is 29.8 Å². The van der Waals surface area contributed by atoms with Crippen LogP contribution in [0.4, 0.5) is 0 Å². The van der Waals surface area contributed by atoms with Crippen LogP contribution in [0.1, 0.15) is 51.7 Å². The number of hydrogen-bond acceptors (Lipinski definition) is 2. The van der Waals surface area contributed by atoms with Gasteiger partial charge in [0.15, 0.2) is 0 Å². The van der Waals surface area contributed by atoms with E-state index in [1.54, 1.807) is 0 Å². The Morgan fingerprint density at radius 2 is 1.65 bits per heavy atom. The SMILES string of the molecule is CCCOc1ccc(C(O)C(CC)CC)cc1. The van der Waals surface area contributed by atoms with Crippen LogP contribution in [0.25, 0.3) is 0 Å². The Bertz CT molecular complexity index is 301. The molecule has 1 rings (SSSR count). The molecule has 0 saturated heterocycles.